The van der Waals surface area contributed by atoms with Crippen molar-refractivity contribution in [3.63, 3.8) is 0 Å². The standard InChI is InChI=1S/C11H10FNS/c12-10-3-1-2-8(4-10)9-5-11(6-13)14-7-9/h1-5,7H,6,13H2. The molecule has 72 valence electrons. The van der Waals surface area contributed by atoms with Crippen LogP contribution in [0.5, 0.6) is 0 Å². The van der Waals surface area contributed by atoms with E-state index in [-0.39, 0.29) is 5.82 Å². The van der Waals surface area contributed by atoms with Crippen LogP contribution in [-0.4, -0.2) is 0 Å². The van der Waals surface area contributed by atoms with Gasteiger partial charge in [-0.25, -0.2) is 4.39 Å². The van der Waals surface area contributed by atoms with E-state index >= 15 is 0 Å². The van der Waals surface area contributed by atoms with Gasteiger partial charge in [0.1, 0.15) is 5.82 Å². The highest BCUT2D eigenvalue weighted by Gasteiger charge is 2.01. The summed E-state index contributed by atoms with van der Waals surface area (Å²) in [6, 6.07) is 8.58. The Morgan fingerprint density at radius 1 is 1.21 bits per heavy atom. The highest BCUT2D eigenvalue weighted by Crippen LogP contribution is 2.25. The Balaban J connectivity index is 2.39. The Morgan fingerprint density at radius 3 is 2.71 bits per heavy atom. The summed E-state index contributed by atoms with van der Waals surface area (Å²) in [5.74, 6) is -0.206. The fourth-order valence-electron chi connectivity index (χ4n) is 1.31. The van der Waals surface area contributed by atoms with Crippen LogP contribution in [0.2, 0.25) is 0 Å². The molecule has 0 bridgehead atoms. The number of nitrogens with two attached hydrogens (primary N) is 1. The smallest absolute Gasteiger partial charge is 0.123 e. The molecule has 1 heterocycles. The summed E-state index contributed by atoms with van der Waals surface area (Å²) < 4.78 is 12.9. The van der Waals surface area contributed by atoms with Crippen LogP contribution in [0.3, 0.4) is 0 Å². The fraction of sp³-hybridized carbons (Fsp3) is 0.0909. The van der Waals surface area contributed by atoms with Crippen LogP contribution in [-0.2, 0) is 6.54 Å². The summed E-state index contributed by atoms with van der Waals surface area (Å²) in [5, 5.41) is 2.00. The van der Waals surface area contributed by atoms with E-state index in [0.717, 1.165) is 16.0 Å². The molecule has 1 aromatic heterocycles. The molecular formula is C11H10FNS. The second-order valence-corrected chi connectivity index (χ2v) is 4.01. The van der Waals surface area contributed by atoms with Gasteiger partial charge in [0.15, 0.2) is 0 Å². The zero-order valence-electron chi connectivity index (χ0n) is 7.53. The Bertz CT molecular complexity index is 436. The molecule has 0 amide bonds. The molecule has 0 radical (unpaired) electrons. The maximum atomic E-state index is 12.9. The Hall–Kier alpha value is -1.19. The summed E-state index contributed by atoms with van der Waals surface area (Å²) >= 11 is 1.60. The van der Waals surface area contributed by atoms with Gasteiger partial charge in [0, 0.05) is 11.4 Å². The molecule has 0 unspecified atom stereocenters. The number of thiophene rings is 1. The first kappa shape index (κ1) is 9.37. The summed E-state index contributed by atoms with van der Waals surface area (Å²) in [4.78, 5) is 1.12. The lowest BCUT2D eigenvalue weighted by Gasteiger charge is -1.96. The molecule has 0 saturated carbocycles. The van der Waals surface area contributed by atoms with Gasteiger partial charge in [0.25, 0.3) is 0 Å². The van der Waals surface area contributed by atoms with E-state index in [1.807, 2.05) is 17.5 Å². The Kier molecular flexibility index (Phi) is 2.61. The van der Waals surface area contributed by atoms with E-state index in [9.17, 15) is 4.39 Å². The number of halogens is 1. The second kappa shape index (κ2) is 3.90. The lowest BCUT2D eigenvalue weighted by atomic mass is 10.1. The molecule has 1 nitrogen and oxygen atoms in total. The highest BCUT2D eigenvalue weighted by molar-refractivity contribution is 7.10. The molecule has 0 fully saturated rings. The van der Waals surface area contributed by atoms with Gasteiger partial charge in [0.05, 0.1) is 0 Å². The number of rotatable bonds is 2. The summed E-state index contributed by atoms with van der Waals surface area (Å²) in [7, 11) is 0. The Morgan fingerprint density at radius 2 is 2.07 bits per heavy atom. The van der Waals surface area contributed by atoms with Crippen molar-refractivity contribution in [3.8, 4) is 11.1 Å². The number of hydrogen-bond donors (Lipinski definition) is 1. The summed E-state index contributed by atoms with van der Waals surface area (Å²) in [5.41, 5.74) is 7.45. The highest BCUT2D eigenvalue weighted by atomic mass is 32.1. The second-order valence-electron chi connectivity index (χ2n) is 3.02. The molecule has 0 aliphatic carbocycles. The Labute approximate surface area is 86.0 Å². The van der Waals surface area contributed by atoms with Crippen LogP contribution >= 0.6 is 11.3 Å². The van der Waals surface area contributed by atoms with Gasteiger partial charge in [-0.1, -0.05) is 12.1 Å². The van der Waals surface area contributed by atoms with Crippen molar-refractivity contribution in [3.05, 3.63) is 46.4 Å². The van der Waals surface area contributed by atoms with Gasteiger partial charge in [-0.05, 0) is 34.7 Å². The molecule has 0 aliphatic heterocycles. The average Bonchev–Trinajstić information content (AvgIpc) is 2.66. The predicted octanol–water partition coefficient (Wildman–Crippen LogP) is 3.01. The van der Waals surface area contributed by atoms with Crippen molar-refractivity contribution >= 4 is 11.3 Å². The van der Waals surface area contributed by atoms with Gasteiger partial charge in [-0.15, -0.1) is 11.3 Å². The third kappa shape index (κ3) is 1.84. The number of benzene rings is 1. The quantitative estimate of drug-likeness (QED) is 0.804. The van der Waals surface area contributed by atoms with E-state index in [1.54, 1.807) is 17.4 Å². The van der Waals surface area contributed by atoms with Crippen molar-refractivity contribution in [2.24, 2.45) is 5.73 Å². The van der Waals surface area contributed by atoms with E-state index in [0.29, 0.717) is 6.54 Å². The largest absolute Gasteiger partial charge is 0.326 e. The predicted molar refractivity (Wildman–Crippen MR) is 57.6 cm³/mol. The van der Waals surface area contributed by atoms with Crippen molar-refractivity contribution in [1.82, 2.24) is 0 Å². The SMILES string of the molecule is NCc1cc(-c2cccc(F)c2)cs1. The topological polar surface area (TPSA) is 26.0 Å². The zero-order chi connectivity index (χ0) is 9.97. The summed E-state index contributed by atoms with van der Waals surface area (Å²) in [6.07, 6.45) is 0. The third-order valence-corrected chi connectivity index (χ3v) is 2.97. The number of hydrogen-bond acceptors (Lipinski definition) is 2. The molecule has 3 heteroatoms. The average molecular weight is 207 g/mol. The van der Waals surface area contributed by atoms with Crippen molar-refractivity contribution in [1.29, 1.82) is 0 Å². The van der Waals surface area contributed by atoms with Crippen molar-refractivity contribution in [2.45, 2.75) is 6.54 Å². The van der Waals surface area contributed by atoms with Gasteiger partial charge in [-0.3, -0.25) is 0 Å². The van der Waals surface area contributed by atoms with E-state index < -0.39 is 0 Å². The molecule has 0 atom stereocenters. The molecule has 0 aliphatic rings. The first-order valence-corrected chi connectivity index (χ1v) is 5.21. The van der Waals surface area contributed by atoms with Crippen molar-refractivity contribution < 1.29 is 4.39 Å². The minimum atomic E-state index is -0.206. The van der Waals surface area contributed by atoms with E-state index in [1.165, 1.54) is 12.1 Å². The van der Waals surface area contributed by atoms with Gasteiger partial charge in [-0.2, -0.15) is 0 Å². The van der Waals surface area contributed by atoms with E-state index in [2.05, 4.69) is 0 Å². The monoisotopic (exact) mass is 207 g/mol. The van der Waals surface area contributed by atoms with Crippen LogP contribution in [0.1, 0.15) is 4.88 Å². The maximum absolute atomic E-state index is 12.9. The molecule has 0 saturated heterocycles. The zero-order valence-corrected chi connectivity index (χ0v) is 8.35. The molecule has 14 heavy (non-hydrogen) atoms. The minimum Gasteiger partial charge on any atom is -0.326 e. The fourth-order valence-corrected chi connectivity index (χ4v) is 2.08. The third-order valence-electron chi connectivity index (χ3n) is 2.01. The van der Waals surface area contributed by atoms with Crippen LogP contribution < -0.4 is 5.73 Å². The molecule has 1 aromatic carbocycles. The van der Waals surface area contributed by atoms with Crippen molar-refractivity contribution in [2.75, 3.05) is 0 Å². The van der Waals surface area contributed by atoms with Crippen LogP contribution in [0.15, 0.2) is 35.7 Å². The lowest BCUT2D eigenvalue weighted by Crippen LogP contribution is -1.91. The maximum Gasteiger partial charge on any atom is 0.123 e. The lowest BCUT2D eigenvalue weighted by molar-refractivity contribution is 0.628. The van der Waals surface area contributed by atoms with Gasteiger partial charge in [0.2, 0.25) is 0 Å². The summed E-state index contributed by atoms with van der Waals surface area (Å²) in [6.45, 7) is 0.542. The van der Waals surface area contributed by atoms with E-state index in [4.69, 9.17) is 5.73 Å². The van der Waals surface area contributed by atoms with Crippen LogP contribution in [0.25, 0.3) is 11.1 Å². The normalized spacial score (nSPS) is 10.4. The van der Waals surface area contributed by atoms with Gasteiger partial charge >= 0.3 is 0 Å². The molecule has 2 rings (SSSR count). The first-order valence-electron chi connectivity index (χ1n) is 4.33. The molecule has 2 aromatic rings. The van der Waals surface area contributed by atoms with Crippen LogP contribution in [0.4, 0.5) is 4.39 Å². The molecule has 0 spiro atoms. The first-order chi connectivity index (χ1) is 6.79. The van der Waals surface area contributed by atoms with Gasteiger partial charge < -0.3 is 5.73 Å². The minimum absolute atomic E-state index is 0.206. The molecule has 2 N–H and O–H groups in total. The molecular weight excluding hydrogens is 197 g/mol. The van der Waals surface area contributed by atoms with Crippen LogP contribution in [0, 0.1) is 5.82 Å².